The normalized spacial score (nSPS) is 12.7. The number of fused-ring (bicyclic) bond motifs is 1. The Bertz CT molecular complexity index is 887. The third kappa shape index (κ3) is 2.33. The lowest BCUT2D eigenvalue weighted by Crippen LogP contribution is -2.11. The molecule has 116 valence electrons. The minimum atomic E-state index is 0.118. The van der Waals surface area contributed by atoms with Gasteiger partial charge in [0.1, 0.15) is 0 Å². The van der Waals surface area contributed by atoms with Crippen LogP contribution >= 0.6 is 0 Å². The number of hydrogen-bond donors (Lipinski definition) is 0. The van der Waals surface area contributed by atoms with Crippen LogP contribution < -0.4 is 4.90 Å². The molecule has 0 aromatic heterocycles. The van der Waals surface area contributed by atoms with Gasteiger partial charge in [-0.15, -0.1) is 0 Å². The molecule has 0 bridgehead atoms. The van der Waals surface area contributed by atoms with Crippen LogP contribution in [0.4, 0.5) is 17.1 Å². The third-order valence-electron chi connectivity index (χ3n) is 4.32. The van der Waals surface area contributed by atoms with Crippen LogP contribution in [-0.2, 0) is 0 Å². The zero-order chi connectivity index (χ0) is 16.5. The highest BCUT2D eigenvalue weighted by atomic mass is 16.1. The Hall–Kier alpha value is -3.13. The number of nitrogens with zero attached hydrogens (tertiary/aromatic N) is 1. The summed E-state index contributed by atoms with van der Waals surface area (Å²) in [5, 5.41) is 0. The molecule has 0 fully saturated rings. The van der Waals surface area contributed by atoms with Crippen LogP contribution in [0.5, 0.6) is 0 Å². The van der Waals surface area contributed by atoms with Crippen LogP contribution in [0.3, 0.4) is 0 Å². The molecule has 2 nitrogen and oxygen atoms in total. The lowest BCUT2D eigenvalue weighted by molar-refractivity contribution is 0.103. The molecule has 0 saturated heterocycles. The zero-order valence-corrected chi connectivity index (χ0v) is 13.4. The van der Waals surface area contributed by atoms with Gasteiger partial charge in [-0.1, -0.05) is 48.5 Å². The molecule has 3 aromatic carbocycles. The molecule has 0 saturated carbocycles. The number of para-hydroxylation sites is 2. The van der Waals surface area contributed by atoms with Crippen LogP contribution in [0.25, 0.3) is 6.08 Å². The number of hydrogen-bond acceptors (Lipinski definition) is 2. The highest BCUT2D eigenvalue weighted by Gasteiger charge is 2.24. The van der Waals surface area contributed by atoms with Gasteiger partial charge < -0.3 is 4.90 Å². The maximum atomic E-state index is 12.4. The van der Waals surface area contributed by atoms with Gasteiger partial charge in [0.05, 0.1) is 5.69 Å². The van der Waals surface area contributed by atoms with Gasteiger partial charge in [-0.25, -0.2) is 0 Å². The van der Waals surface area contributed by atoms with Crippen LogP contribution in [0.15, 0.2) is 84.4 Å². The van der Waals surface area contributed by atoms with Gasteiger partial charge in [0.2, 0.25) is 0 Å². The van der Waals surface area contributed by atoms with E-state index < -0.39 is 0 Å². The average Bonchev–Trinajstić information content (AvgIpc) is 2.93. The van der Waals surface area contributed by atoms with Crippen LogP contribution in [0.2, 0.25) is 0 Å². The van der Waals surface area contributed by atoms with Gasteiger partial charge in [0, 0.05) is 22.5 Å². The van der Waals surface area contributed by atoms with Crippen LogP contribution in [0, 0.1) is 0 Å². The predicted octanol–water partition coefficient (Wildman–Crippen LogP) is 5.76. The fourth-order valence-corrected chi connectivity index (χ4v) is 3.17. The molecule has 24 heavy (non-hydrogen) atoms. The first-order valence-corrected chi connectivity index (χ1v) is 8.02. The van der Waals surface area contributed by atoms with E-state index in [0.717, 1.165) is 33.8 Å². The quantitative estimate of drug-likeness (QED) is 0.613. The first-order chi connectivity index (χ1) is 11.8. The lowest BCUT2D eigenvalue weighted by atomic mass is 10.0. The summed E-state index contributed by atoms with van der Waals surface area (Å²) in [7, 11) is 0. The maximum Gasteiger partial charge on any atom is 0.189 e. The molecule has 0 radical (unpaired) electrons. The summed E-state index contributed by atoms with van der Waals surface area (Å²) >= 11 is 0. The van der Waals surface area contributed by atoms with Gasteiger partial charge >= 0.3 is 0 Å². The number of benzene rings is 3. The van der Waals surface area contributed by atoms with Gasteiger partial charge in [-0.05, 0) is 48.9 Å². The highest BCUT2D eigenvalue weighted by molar-refractivity contribution is 6.19. The zero-order valence-electron chi connectivity index (χ0n) is 13.4. The van der Waals surface area contributed by atoms with Gasteiger partial charge in [0.25, 0.3) is 0 Å². The van der Waals surface area contributed by atoms with Crippen molar-refractivity contribution >= 4 is 28.9 Å². The molecule has 2 heteroatoms. The van der Waals surface area contributed by atoms with Crippen molar-refractivity contribution in [2.45, 2.75) is 6.92 Å². The molecule has 3 aromatic rings. The second kappa shape index (κ2) is 5.82. The second-order valence-corrected chi connectivity index (χ2v) is 5.90. The van der Waals surface area contributed by atoms with E-state index in [9.17, 15) is 4.79 Å². The average molecular weight is 311 g/mol. The molecule has 0 aliphatic heterocycles. The van der Waals surface area contributed by atoms with E-state index >= 15 is 0 Å². The molecule has 4 rings (SSSR count). The Kier molecular flexibility index (Phi) is 3.51. The molecule has 0 atom stereocenters. The molecular weight excluding hydrogens is 294 g/mol. The molecule has 0 unspecified atom stereocenters. The molecule has 0 heterocycles. The molecule has 0 spiro atoms. The van der Waals surface area contributed by atoms with Crippen LogP contribution in [-0.4, -0.2) is 5.78 Å². The minimum absolute atomic E-state index is 0.118. The molecule has 0 N–H and O–H groups in total. The number of rotatable bonds is 3. The van der Waals surface area contributed by atoms with Gasteiger partial charge in [0.15, 0.2) is 5.78 Å². The smallest absolute Gasteiger partial charge is 0.189 e. The number of ketones is 1. The Morgan fingerprint density at radius 1 is 0.708 bits per heavy atom. The van der Waals surface area contributed by atoms with E-state index in [1.807, 2.05) is 61.5 Å². The summed E-state index contributed by atoms with van der Waals surface area (Å²) < 4.78 is 0. The second-order valence-electron chi connectivity index (χ2n) is 5.90. The number of allylic oxidation sites excluding steroid dienone is 1. The molecule has 1 aliphatic carbocycles. The third-order valence-corrected chi connectivity index (χ3v) is 4.32. The van der Waals surface area contributed by atoms with Crippen molar-refractivity contribution in [1.29, 1.82) is 0 Å². The van der Waals surface area contributed by atoms with Gasteiger partial charge in [-0.3, -0.25) is 4.79 Å². The number of Topliss-reactive ketones (excluding diaryl/α,β-unsaturated/α-hetero) is 1. The first-order valence-electron chi connectivity index (χ1n) is 8.02. The minimum Gasteiger partial charge on any atom is -0.310 e. The summed E-state index contributed by atoms with van der Waals surface area (Å²) in [6, 6.07) is 26.4. The Morgan fingerprint density at radius 2 is 1.29 bits per heavy atom. The van der Waals surface area contributed by atoms with E-state index in [4.69, 9.17) is 0 Å². The van der Waals surface area contributed by atoms with Crippen molar-refractivity contribution in [1.82, 2.24) is 0 Å². The van der Waals surface area contributed by atoms with Gasteiger partial charge in [-0.2, -0.15) is 0 Å². The van der Waals surface area contributed by atoms with Crippen molar-refractivity contribution in [3.63, 3.8) is 0 Å². The summed E-state index contributed by atoms with van der Waals surface area (Å²) in [5.74, 6) is 0.118. The Labute approximate surface area is 141 Å². The standard InChI is InChI=1S/C22H17NO/c1-16-15-20-19(22(16)24)13-8-14-21(20)23(17-9-4-2-5-10-17)18-11-6-3-7-12-18/h2-15H,1H3. The molecule has 1 aliphatic rings. The number of carbonyl (C=O) groups excluding carboxylic acids is 1. The van der Waals surface area contributed by atoms with E-state index in [0.29, 0.717) is 0 Å². The van der Waals surface area contributed by atoms with Crippen molar-refractivity contribution in [2.24, 2.45) is 0 Å². The van der Waals surface area contributed by atoms with E-state index in [1.165, 1.54) is 0 Å². The fourth-order valence-electron chi connectivity index (χ4n) is 3.17. The van der Waals surface area contributed by atoms with E-state index in [2.05, 4.69) is 35.2 Å². The first kappa shape index (κ1) is 14.5. The Morgan fingerprint density at radius 3 is 1.88 bits per heavy atom. The Balaban J connectivity index is 1.96. The predicted molar refractivity (Wildman–Crippen MR) is 99.1 cm³/mol. The number of carbonyl (C=O) groups is 1. The van der Waals surface area contributed by atoms with Crippen molar-refractivity contribution in [3.05, 3.63) is 95.6 Å². The summed E-state index contributed by atoms with van der Waals surface area (Å²) in [4.78, 5) is 14.6. The highest BCUT2D eigenvalue weighted by Crippen LogP contribution is 2.40. The molecular formula is C22H17NO. The lowest BCUT2D eigenvalue weighted by Gasteiger charge is -2.27. The summed E-state index contributed by atoms with van der Waals surface area (Å²) in [5.41, 5.74) is 5.73. The van der Waals surface area contributed by atoms with Crippen molar-refractivity contribution in [2.75, 3.05) is 4.90 Å². The van der Waals surface area contributed by atoms with E-state index in [-0.39, 0.29) is 5.78 Å². The topological polar surface area (TPSA) is 20.3 Å². The largest absolute Gasteiger partial charge is 0.310 e. The summed E-state index contributed by atoms with van der Waals surface area (Å²) in [6.07, 6.45) is 1.99. The molecule has 0 amide bonds. The van der Waals surface area contributed by atoms with Crippen molar-refractivity contribution in [3.8, 4) is 0 Å². The maximum absolute atomic E-state index is 12.4. The number of anilines is 3. The van der Waals surface area contributed by atoms with Crippen molar-refractivity contribution < 1.29 is 4.79 Å². The van der Waals surface area contributed by atoms with E-state index in [1.54, 1.807) is 0 Å². The fraction of sp³-hybridized carbons (Fsp3) is 0.0455. The monoisotopic (exact) mass is 311 g/mol. The summed E-state index contributed by atoms with van der Waals surface area (Å²) in [6.45, 7) is 1.88. The SMILES string of the molecule is CC1=Cc2c(cccc2N(c2ccccc2)c2ccccc2)C1=O. The van der Waals surface area contributed by atoms with Crippen LogP contribution in [0.1, 0.15) is 22.8 Å².